The van der Waals surface area contributed by atoms with Crippen LogP contribution in [-0.2, 0) is 6.54 Å². The molecular weight excluding hydrogens is 344 g/mol. The summed E-state index contributed by atoms with van der Waals surface area (Å²) in [6.07, 6.45) is 0. The minimum atomic E-state index is -0.923. The van der Waals surface area contributed by atoms with Gasteiger partial charge in [0.05, 0.1) is 22.8 Å². The summed E-state index contributed by atoms with van der Waals surface area (Å²) in [5.41, 5.74) is 1.43. The molecule has 0 spiro atoms. The second kappa shape index (κ2) is 7.14. The monoisotopic (exact) mass is 361 g/mol. The number of urea groups is 1. The Morgan fingerprint density at radius 1 is 1.24 bits per heavy atom. The maximum atomic E-state index is 13.4. The number of halogens is 2. The van der Waals surface area contributed by atoms with Gasteiger partial charge >= 0.3 is 6.03 Å². The summed E-state index contributed by atoms with van der Waals surface area (Å²) in [6, 6.07) is 10.7. The topological polar surface area (TPSA) is 45.2 Å². The van der Waals surface area contributed by atoms with Crippen molar-refractivity contribution in [3.05, 3.63) is 64.7 Å². The lowest BCUT2D eigenvalue weighted by Crippen LogP contribution is -2.38. The van der Waals surface area contributed by atoms with Crippen molar-refractivity contribution >= 4 is 27.6 Å². The smallest absolute Gasteiger partial charge is 0.317 e. The number of nitrogens with one attached hydrogen (secondary N) is 1. The first-order valence-corrected chi connectivity index (χ1v) is 8.57. The van der Waals surface area contributed by atoms with Gasteiger partial charge in [0, 0.05) is 7.05 Å². The number of para-hydroxylation sites is 1. The number of rotatable bonds is 4. The predicted molar refractivity (Wildman–Crippen MR) is 94.4 cm³/mol. The van der Waals surface area contributed by atoms with E-state index in [9.17, 15) is 13.6 Å². The van der Waals surface area contributed by atoms with Gasteiger partial charge in [-0.3, -0.25) is 0 Å². The van der Waals surface area contributed by atoms with Crippen LogP contribution < -0.4 is 5.32 Å². The molecule has 1 heterocycles. The van der Waals surface area contributed by atoms with Crippen molar-refractivity contribution in [3.63, 3.8) is 0 Å². The van der Waals surface area contributed by atoms with Crippen LogP contribution in [0.15, 0.2) is 42.5 Å². The zero-order chi connectivity index (χ0) is 18.0. The third kappa shape index (κ3) is 3.76. The Morgan fingerprint density at radius 3 is 2.72 bits per heavy atom. The molecule has 3 aromatic rings. The van der Waals surface area contributed by atoms with Gasteiger partial charge in [0.15, 0.2) is 11.6 Å². The Kier molecular flexibility index (Phi) is 4.94. The van der Waals surface area contributed by atoms with Crippen molar-refractivity contribution in [2.75, 3.05) is 7.05 Å². The third-order valence-electron chi connectivity index (χ3n) is 4.06. The van der Waals surface area contributed by atoms with Crippen molar-refractivity contribution < 1.29 is 13.6 Å². The van der Waals surface area contributed by atoms with Crippen molar-refractivity contribution in [3.8, 4) is 0 Å². The molecule has 0 saturated heterocycles. The molecular formula is C18H17F2N3OS. The normalized spacial score (nSPS) is 12.2. The molecule has 0 unspecified atom stereocenters. The Hall–Kier alpha value is -2.54. The summed E-state index contributed by atoms with van der Waals surface area (Å²) in [6.45, 7) is 2.07. The number of thiazole rings is 1. The van der Waals surface area contributed by atoms with E-state index in [2.05, 4.69) is 10.3 Å². The summed E-state index contributed by atoms with van der Waals surface area (Å²) >= 11 is 1.52. The number of fused-ring (bicyclic) bond motifs is 1. The van der Waals surface area contributed by atoms with E-state index in [-0.39, 0.29) is 6.03 Å². The quantitative estimate of drug-likeness (QED) is 0.745. The molecule has 3 rings (SSSR count). The van der Waals surface area contributed by atoms with Gasteiger partial charge in [-0.15, -0.1) is 11.3 Å². The molecule has 1 aromatic heterocycles. The van der Waals surface area contributed by atoms with Crippen LogP contribution in [0.5, 0.6) is 0 Å². The van der Waals surface area contributed by atoms with E-state index in [4.69, 9.17) is 0 Å². The van der Waals surface area contributed by atoms with Crippen molar-refractivity contribution in [2.24, 2.45) is 0 Å². The number of hydrogen-bond acceptors (Lipinski definition) is 3. The Morgan fingerprint density at radius 2 is 2.00 bits per heavy atom. The van der Waals surface area contributed by atoms with E-state index in [1.165, 1.54) is 22.3 Å². The van der Waals surface area contributed by atoms with Gasteiger partial charge in [-0.25, -0.2) is 18.6 Å². The molecule has 0 bridgehead atoms. The first-order valence-electron chi connectivity index (χ1n) is 7.76. The summed E-state index contributed by atoms with van der Waals surface area (Å²) in [5.74, 6) is -1.83. The van der Waals surface area contributed by atoms with Gasteiger partial charge in [0.1, 0.15) is 5.01 Å². The highest BCUT2D eigenvalue weighted by Gasteiger charge is 2.19. The summed E-state index contributed by atoms with van der Waals surface area (Å²) in [4.78, 5) is 18.2. The number of benzene rings is 2. The van der Waals surface area contributed by atoms with Gasteiger partial charge < -0.3 is 10.2 Å². The Labute approximate surface area is 148 Å². The highest BCUT2D eigenvalue weighted by atomic mass is 32.1. The highest BCUT2D eigenvalue weighted by molar-refractivity contribution is 7.18. The molecule has 1 N–H and O–H groups in total. The van der Waals surface area contributed by atoms with Crippen LogP contribution in [0.2, 0.25) is 0 Å². The maximum Gasteiger partial charge on any atom is 0.317 e. The molecule has 0 fully saturated rings. The average molecular weight is 361 g/mol. The molecule has 0 aliphatic rings. The van der Waals surface area contributed by atoms with Gasteiger partial charge in [0.25, 0.3) is 0 Å². The van der Waals surface area contributed by atoms with Crippen LogP contribution in [0.4, 0.5) is 13.6 Å². The lowest BCUT2D eigenvalue weighted by Gasteiger charge is -2.25. The summed E-state index contributed by atoms with van der Waals surface area (Å²) in [7, 11) is 1.61. The van der Waals surface area contributed by atoms with E-state index in [0.717, 1.165) is 27.4 Å². The van der Waals surface area contributed by atoms with Crippen molar-refractivity contribution in [1.82, 2.24) is 15.2 Å². The van der Waals surface area contributed by atoms with E-state index in [1.807, 2.05) is 24.3 Å². The number of amides is 2. The SMILES string of the molecule is C[C@H](c1ccc(F)c(F)c1)N(C)C(=O)NCc1nc2ccccc2s1. The predicted octanol–water partition coefficient (Wildman–Crippen LogP) is 4.48. The third-order valence-corrected chi connectivity index (χ3v) is 5.09. The molecule has 0 aliphatic heterocycles. The summed E-state index contributed by atoms with van der Waals surface area (Å²) in [5, 5.41) is 3.61. The molecule has 2 amide bonds. The van der Waals surface area contributed by atoms with Gasteiger partial charge in [-0.05, 0) is 36.8 Å². The number of hydrogen-bond donors (Lipinski definition) is 1. The molecule has 0 aliphatic carbocycles. The van der Waals surface area contributed by atoms with Crippen LogP contribution in [0.25, 0.3) is 10.2 Å². The first-order chi connectivity index (χ1) is 12.0. The van der Waals surface area contributed by atoms with Crippen molar-refractivity contribution in [1.29, 1.82) is 0 Å². The van der Waals surface area contributed by atoms with E-state index in [1.54, 1.807) is 14.0 Å². The molecule has 0 saturated carbocycles. The maximum absolute atomic E-state index is 13.4. The number of carbonyl (C=O) groups is 1. The first kappa shape index (κ1) is 17.3. The fraction of sp³-hybridized carbons (Fsp3) is 0.222. The average Bonchev–Trinajstić information content (AvgIpc) is 3.03. The molecule has 4 nitrogen and oxygen atoms in total. The Balaban J connectivity index is 1.64. The van der Waals surface area contributed by atoms with E-state index in [0.29, 0.717) is 12.1 Å². The van der Waals surface area contributed by atoms with Crippen LogP contribution in [0.3, 0.4) is 0 Å². The van der Waals surface area contributed by atoms with Crippen LogP contribution >= 0.6 is 11.3 Å². The highest BCUT2D eigenvalue weighted by Crippen LogP contribution is 2.23. The zero-order valence-electron chi connectivity index (χ0n) is 13.8. The van der Waals surface area contributed by atoms with Crippen LogP contribution in [-0.4, -0.2) is 23.0 Å². The minimum absolute atomic E-state index is 0.309. The molecule has 1 atom stereocenters. The molecule has 2 aromatic carbocycles. The zero-order valence-corrected chi connectivity index (χ0v) is 14.6. The van der Waals surface area contributed by atoms with Crippen LogP contribution in [0, 0.1) is 11.6 Å². The number of aromatic nitrogens is 1. The van der Waals surface area contributed by atoms with Crippen LogP contribution in [0.1, 0.15) is 23.5 Å². The number of nitrogens with zero attached hydrogens (tertiary/aromatic N) is 2. The molecule has 130 valence electrons. The molecule has 0 radical (unpaired) electrons. The molecule has 25 heavy (non-hydrogen) atoms. The number of carbonyl (C=O) groups excluding carboxylic acids is 1. The lowest BCUT2D eigenvalue weighted by molar-refractivity contribution is 0.194. The lowest BCUT2D eigenvalue weighted by atomic mass is 10.1. The van der Waals surface area contributed by atoms with Gasteiger partial charge in [-0.1, -0.05) is 18.2 Å². The minimum Gasteiger partial charge on any atom is -0.331 e. The standard InChI is InChI=1S/C18H17F2N3OS/c1-11(12-7-8-13(19)14(20)9-12)23(2)18(24)21-10-17-22-15-5-3-4-6-16(15)25-17/h3-9,11H,10H2,1-2H3,(H,21,24)/t11-/m1/s1. The van der Waals surface area contributed by atoms with Gasteiger partial charge in [0.2, 0.25) is 0 Å². The summed E-state index contributed by atoms with van der Waals surface area (Å²) < 4.78 is 27.5. The Bertz CT molecular complexity index is 879. The fourth-order valence-corrected chi connectivity index (χ4v) is 3.35. The van der Waals surface area contributed by atoms with E-state index >= 15 is 0 Å². The fourth-order valence-electron chi connectivity index (χ4n) is 2.44. The van der Waals surface area contributed by atoms with E-state index < -0.39 is 17.7 Å². The second-order valence-electron chi connectivity index (χ2n) is 5.69. The van der Waals surface area contributed by atoms with Gasteiger partial charge in [-0.2, -0.15) is 0 Å². The molecule has 7 heteroatoms. The van der Waals surface area contributed by atoms with Crippen molar-refractivity contribution in [2.45, 2.75) is 19.5 Å². The largest absolute Gasteiger partial charge is 0.331 e. The second-order valence-corrected chi connectivity index (χ2v) is 6.81.